The molecule has 2 atom stereocenters. The van der Waals surface area contributed by atoms with Crippen molar-refractivity contribution in [2.24, 2.45) is 0 Å². The van der Waals surface area contributed by atoms with E-state index in [9.17, 15) is 14.7 Å². The number of carbonyl (C=O) groups is 2. The molecule has 0 aliphatic carbocycles. The molecule has 204 valence electrons. The van der Waals surface area contributed by atoms with Gasteiger partial charge < -0.3 is 20.6 Å². The number of aliphatic hydroxyl groups is 1. The second-order valence-corrected chi connectivity index (χ2v) is 10.1. The summed E-state index contributed by atoms with van der Waals surface area (Å²) in [6.07, 6.45) is 3.12. The van der Waals surface area contributed by atoms with Crippen molar-refractivity contribution in [2.45, 2.75) is 39.4 Å². The van der Waals surface area contributed by atoms with Crippen LogP contribution in [-0.2, 0) is 11.3 Å². The number of halogens is 1. The number of aliphatic hydroxyl groups excluding tert-OH is 1. The maximum Gasteiger partial charge on any atom is 0.255 e. The van der Waals surface area contributed by atoms with Crippen LogP contribution in [0.3, 0.4) is 0 Å². The van der Waals surface area contributed by atoms with Gasteiger partial charge in [0, 0.05) is 23.9 Å². The minimum absolute atomic E-state index is 0.257. The quantitative estimate of drug-likeness (QED) is 0.294. The number of aromatic nitrogens is 4. The van der Waals surface area contributed by atoms with Crippen LogP contribution < -0.4 is 10.6 Å². The molecule has 1 aliphatic heterocycles. The number of rotatable bonds is 8. The van der Waals surface area contributed by atoms with E-state index in [1.165, 1.54) is 11.1 Å². The van der Waals surface area contributed by atoms with Gasteiger partial charge in [0.1, 0.15) is 17.7 Å². The number of carbonyl (C=O) groups excluding carboxylic acids is 2. The fraction of sp³-hybridized carbons (Fsp3) is 0.241. The van der Waals surface area contributed by atoms with Crippen LogP contribution in [0.4, 0.5) is 11.8 Å². The Balaban J connectivity index is 1.33. The van der Waals surface area contributed by atoms with Crippen molar-refractivity contribution >= 4 is 35.2 Å². The Morgan fingerprint density at radius 2 is 1.95 bits per heavy atom. The third-order valence-corrected chi connectivity index (χ3v) is 7.04. The first kappa shape index (κ1) is 27.2. The third kappa shape index (κ3) is 5.63. The second kappa shape index (κ2) is 11.4. The molecule has 2 aromatic heterocycles. The highest BCUT2D eigenvalue weighted by Crippen LogP contribution is 2.32. The molecule has 0 unspecified atom stereocenters. The van der Waals surface area contributed by atoms with Crippen molar-refractivity contribution in [1.82, 2.24) is 30.2 Å². The molecule has 0 saturated heterocycles. The van der Waals surface area contributed by atoms with Gasteiger partial charge in [-0.15, -0.1) is 0 Å². The molecular weight excluding hydrogens is 530 g/mol. The number of anilines is 2. The van der Waals surface area contributed by atoms with E-state index in [-0.39, 0.29) is 25.0 Å². The molecule has 2 amide bonds. The SMILES string of the molecule is Cc1cccc([C@@H](CO)NC(=O)[C@H](C)N2Cc3ccc(-c4nc(Nc5ccnc(C)n5)ncc4Cl)cc3C2=O)c1. The molecule has 0 spiro atoms. The molecule has 0 saturated carbocycles. The van der Waals surface area contributed by atoms with Crippen LogP contribution in [0.15, 0.2) is 60.9 Å². The monoisotopic (exact) mass is 557 g/mol. The number of aryl methyl sites for hydroxylation is 2. The number of nitrogens with zero attached hydrogens (tertiary/aromatic N) is 5. The second-order valence-electron chi connectivity index (χ2n) is 9.64. The van der Waals surface area contributed by atoms with Crippen molar-refractivity contribution < 1.29 is 14.7 Å². The fourth-order valence-electron chi connectivity index (χ4n) is 4.61. The van der Waals surface area contributed by atoms with Gasteiger partial charge >= 0.3 is 0 Å². The van der Waals surface area contributed by atoms with Crippen LogP contribution in [0.5, 0.6) is 0 Å². The normalized spacial score (nSPS) is 14.0. The predicted molar refractivity (Wildman–Crippen MR) is 151 cm³/mol. The average Bonchev–Trinajstić information content (AvgIpc) is 3.27. The van der Waals surface area contributed by atoms with Crippen molar-refractivity contribution in [3.8, 4) is 11.3 Å². The van der Waals surface area contributed by atoms with Crippen LogP contribution >= 0.6 is 11.6 Å². The number of hydrogen-bond donors (Lipinski definition) is 3. The molecule has 40 heavy (non-hydrogen) atoms. The Bertz CT molecular complexity index is 1600. The van der Waals surface area contributed by atoms with E-state index >= 15 is 0 Å². The van der Waals surface area contributed by atoms with Crippen molar-refractivity contribution in [3.05, 3.63) is 94.0 Å². The molecule has 0 bridgehead atoms. The summed E-state index contributed by atoms with van der Waals surface area (Å²) < 4.78 is 0. The highest BCUT2D eigenvalue weighted by atomic mass is 35.5. The van der Waals surface area contributed by atoms with Crippen molar-refractivity contribution in [3.63, 3.8) is 0 Å². The molecule has 4 aromatic rings. The first-order valence-corrected chi connectivity index (χ1v) is 13.1. The summed E-state index contributed by atoms with van der Waals surface area (Å²) in [6.45, 7) is 5.44. The molecular formula is C29H28ClN7O3. The van der Waals surface area contributed by atoms with Gasteiger partial charge in [-0.25, -0.2) is 19.9 Å². The standard InChI is InChI=1S/C29H28ClN7O3/c1-16-5-4-6-19(11-16)24(15-38)34-27(39)17(2)37-14-21-8-7-20(12-22(21)28(37)40)26-23(30)13-32-29(36-26)35-25-9-10-31-18(3)33-25/h4-13,17,24,38H,14-15H2,1-3H3,(H,34,39)(H,31,32,33,35,36)/t17-,24+/m0/s1. The highest BCUT2D eigenvalue weighted by molar-refractivity contribution is 6.33. The summed E-state index contributed by atoms with van der Waals surface area (Å²) in [5.74, 6) is 0.819. The number of hydrogen-bond acceptors (Lipinski definition) is 8. The molecule has 1 aliphatic rings. The van der Waals surface area contributed by atoms with Crippen LogP contribution in [0.2, 0.25) is 5.02 Å². The van der Waals surface area contributed by atoms with E-state index in [4.69, 9.17) is 11.6 Å². The lowest BCUT2D eigenvalue weighted by atomic mass is 10.0. The van der Waals surface area contributed by atoms with Crippen LogP contribution in [0.1, 0.15) is 45.8 Å². The Labute approximate surface area is 236 Å². The average molecular weight is 558 g/mol. The van der Waals surface area contributed by atoms with Crippen molar-refractivity contribution in [1.29, 1.82) is 0 Å². The first-order chi connectivity index (χ1) is 19.2. The summed E-state index contributed by atoms with van der Waals surface area (Å²) in [7, 11) is 0. The molecule has 2 aromatic carbocycles. The minimum atomic E-state index is -0.753. The Kier molecular flexibility index (Phi) is 7.72. The molecule has 10 nitrogen and oxygen atoms in total. The van der Waals surface area contributed by atoms with E-state index < -0.39 is 12.1 Å². The molecule has 5 rings (SSSR count). The van der Waals surface area contributed by atoms with Crippen molar-refractivity contribution in [2.75, 3.05) is 11.9 Å². The zero-order valence-corrected chi connectivity index (χ0v) is 23.0. The number of amides is 2. The van der Waals surface area contributed by atoms with Gasteiger partial charge in [-0.2, -0.15) is 0 Å². The zero-order valence-electron chi connectivity index (χ0n) is 22.2. The van der Waals surface area contributed by atoms with E-state index in [0.29, 0.717) is 39.4 Å². The van der Waals surface area contributed by atoms with E-state index in [0.717, 1.165) is 16.7 Å². The minimum Gasteiger partial charge on any atom is -0.394 e. The summed E-state index contributed by atoms with van der Waals surface area (Å²) >= 11 is 6.44. The Morgan fingerprint density at radius 3 is 2.70 bits per heavy atom. The van der Waals surface area contributed by atoms with Gasteiger partial charge in [0.2, 0.25) is 11.9 Å². The molecule has 0 fully saturated rings. The maximum absolute atomic E-state index is 13.4. The van der Waals surface area contributed by atoms with Crippen LogP contribution in [0.25, 0.3) is 11.3 Å². The highest BCUT2D eigenvalue weighted by Gasteiger charge is 2.35. The maximum atomic E-state index is 13.4. The summed E-state index contributed by atoms with van der Waals surface area (Å²) in [5, 5.41) is 16.2. The van der Waals surface area contributed by atoms with E-state index in [1.54, 1.807) is 32.2 Å². The predicted octanol–water partition coefficient (Wildman–Crippen LogP) is 4.14. The largest absolute Gasteiger partial charge is 0.394 e. The van der Waals surface area contributed by atoms with E-state index in [2.05, 4.69) is 30.6 Å². The first-order valence-electron chi connectivity index (χ1n) is 12.7. The van der Waals surface area contributed by atoms with Gasteiger partial charge in [0.15, 0.2) is 0 Å². The summed E-state index contributed by atoms with van der Waals surface area (Å²) in [6, 6.07) is 13.4. The Morgan fingerprint density at radius 1 is 1.12 bits per heavy atom. The molecule has 3 heterocycles. The van der Waals surface area contributed by atoms with Gasteiger partial charge in [-0.05, 0) is 44.0 Å². The number of fused-ring (bicyclic) bond motifs is 1. The topological polar surface area (TPSA) is 133 Å². The number of benzene rings is 2. The lowest BCUT2D eigenvalue weighted by molar-refractivity contribution is -0.126. The zero-order chi connectivity index (χ0) is 28.4. The van der Waals surface area contributed by atoms with Crippen LogP contribution in [-0.4, -0.2) is 54.4 Å². The smallest absolute Gasteiger partial charge is 0.255 e. The van der Waals surface area contributed by atoms with Gasteiger partial charge in [0.05, 0.1) is 29.6 Å². The summed E-state index contributed by atoms with van der Waals surface area (Å²) in [4.78, 5) is 45.2. The summed E-state index contributed by atoms with van der Waals surface area (Å²) in [5.41, 5.74) is 4.19. The van der Waals surface area contributed by atoms with Gasteiger partial charge in [-0.1, -0.05) is 53.6 Å². The molecule has 11 heteroatoms. The lowest BCUT2D eigenvalue weighted by Crippen LogP contribution is -2.46. The molecule has 3 N–H and O–H groups in total. The van der Waals surface area contributed by atoms with E-state index in [1.807, 2.05) is 43.3 Å². The number of nitrogens with one attached hydrogen (secondary N) is 2. The lowest BCUT2D eigenvalue weighted by Gasteiger charge is -2.26. The molecule has 0 radical (unpaired) electrons. The van der Waals surface area contributed by atoms with Gasteiger partial charge in [-0.3, -0.25) is 9.59 Å². The fourth-order valence-corrected chi connectivity index (χ4v) is 4.81. The third-order valence-electron chi connectivity index (χ3n) is 6.77. The van der Waals surface area contributed by atoms with Crippen LogP contribution in [0, 0.1) is 13.8 Å². The van der Waals surface area contributed by atoms with Gasteiger partial charge in [0.25, 0.3) is 5.91 Å². The Hall–Kier alpha value is -4.41.